The van der Waals surface area contributed by atoms with Crippen molar-refractivity contribution in [3.8, 4) is 11.8 Å². The molecule has 0 aliphatic heterocycles. The van der Waals surface area contributed by atoms with Gasteiger partial charge in [0.25, 0.3) is 0 Å². The Balaban J connectivity index is 3.58. The zero-order valence-electron chi connectivity index (χ0n) is 11.5. The smallest absolute Gasteiger partial charge is 0.137 e. The fraction of sp³-hybridized carbons (Fsp3) is 0.533. The van der Waals surface area contributed by atoms with Gasteiger partial charge in [0.2, 0.25) is 0 Å². The Hall–Kier alpha value is -1.49. The molecule has 0 amide bonds. The summed E-state index contributed by atoms with van der Waals surface area (Å²) in [5, 5.41) is 19.2. The quantitative estimate of drug-likeness (QED) is 0.736. The van der Waals surface area contributed by atoms with Gasteiger partial charge in [-0.2, -0.15) is 5.26 Å². The molecule has 1 N–H and O–H groups in total. The van der Waals surface area contributed by atoms with Crippen LogP contribution in [0.25, 0.3) is 0 Å². The summed E-state index contributed by atoms with van der Waals surface area (Å²) in [6.07, 6.45) is 0. The van der Waals surface area contributed by atoms with Crippen LogP contribution in [0.4, 0.5) is 0 Å². The largest absolute Gasteiger partial charge is 0.506 e. The van der Waals surface area contributed by atoms with Gasteiger partial charge < -0.3 is 5.11 Å². The zero-order chi connectivity index (χ0) is 13.4. The summed E-state index contributed by atoms with van der Waals surface area (Å²) in [4.78, 5) is 0. The summed E-state index contributed by atoms with van der Waals surface area (Å²) >= 11 is 0. The number of benzene rings is 1. The third-order valence-electron chi connectivity index (χ3n) is 2.90. The van der Waals surface area contributed by atoms with Crippen molar-refractivity contribution in [2.45, 2.75) is 52.4 Å². The van der Waals surface area contributed by atoms with Gasteiger partial charge in [0.05, 0.1) is 5.56 Å². The Morgan fingerprint density at radius 3 is 1.88 bits per heavy atom. The van der Waals surface area contributed by atoms with Gasteiger partial charge in [-0.25, -0.2) is 0 Å². The molecule has 1 aromatic rings. The van der Waals surface area contributed by atoms with Crippen LogP contribution in [-0.2, 0) is 10.8 Å². The van der Waals surface area contributed by atoms with Crippen LogP contribution in [-0.4, -0.2) is 5.11 Å². The number of rotatable bonds is 0. The molecule has 17 heavy (non-hydrogen) atoms. The van der Waals surface area contributed by atoms with Crippen LogP contribution in [0, 0.1) is 11.3 Å². The molecule has 0 saturated heterocycles. The Morgan fingerprint density at radius 2 is 1.53 bits per heavy atom. The van der Waals surface area contributed by atoms with Gasteiger partial charge in [0.1, 0.15) is 11.8 Å². The number of aromatic hydroxyl groups is 1. The molecular formula is C15H21NO. The number of hydrogen-bond acceptors (Lipinski definition) is 2. The maximum Gasteiger partial charge on any atom is 0.137 e. The molecule has 0 saturated carbocycles. The van der Waals surface area contributed by atoms with Crippen LogP contribution in [0.2, 0.25) is 0 Å². The standard InChI is InChI=1S/C15H21NO/c1-14(2,3)11-7-10(9-16)13(17)12(8-11)15(4,5)6/h7-8,17H,1-6H3. The lowest BCUT2D eigenvalue weighted by molar-refractivity contribution is 0.443. The molecule has 0 aromatic heterocycles. The minimum atomic E-state index is -0.170. The van der Waals surface area contributed by atoms with E-state index in [4.69, 9.17) is 5.26 Å². The van der Waals surface area contributed by atoms with Crippen LogP contribution >= 0.6 is 0 Å². The highest BCUT2D eigenvalue weighted by molar-refractivity contribution is 5.53. The van der Waals surface area contributed by atoms with Crippen molar-refractivity contribution < 1.29 is 5.11 Å². The first-order chi connectivity index (χ1) is 7.57. The maximum absolute atomic E-state index is 10.1. The Morgan fingerprint density at radius 1 is 1.00 bits per heavy atom. The second kappa shape index (κ2) is 4.07. The summed E-state index contributed by atoms with van der Waals surface area (Å²) in [7, 11) is 0. The highest BCUT2D eigenvalue weighted by Crippen LogP contribution is 2.37. The van der Waals surface area contributed by atoms with Gasteiger partial charge in [0.15, 0.2) is 0 Å². The van der Waals surface area contributed by atoms with Crippen molar-refractivity contribution in [1.29, 1.82) is 5.26 Å². The first kappa shape index (κ1) is 13.6. The zero-order valence-corrected chi connectivity index (χ0v) is 11.5. The van der Waals surface area contributed by atoms with Crippen LogP contribution in [0.15, 0.2) is 12.1 Å². The van der Waals surface area contributed by atoms with Crippen molar-refractivity contribution >= 4 is 0 Å². The minimum Gasteiger partial charge on any atom is -0.506 e. The lowest BCUT2D eigenvalue weighted by Gasteiger charge is -2.26. The van der Waals surface area contributed by atoms with Gasteiger partial charge in [-0.05, 0) is 22.5 Å². The summed E-state index contributed by atoms with van der Waals surface area (Å²) < 4.78 is 0. The summed E-state index contributed by atoms with van der Waals surface area (Å²) in [5.74, 6) is 0.119. The predicted molar refractivity (Wildman–Crippen MR) is 70.2 cm³/mol. The first-order valence-electron chi connectivity index (χ1n) is 5.85. The molecule has 0 atom stereocenters. The van der Waals surface area contributed by atoms with Crippen LogP contribution in [0.1, 0.15) is 58.2 Å². The van der Waals surface area contributed by atoms with Crippen molar-refractivity contribution in [3.05, 3.63) is 28.8 Å². The van der Waals surface area contributed by atoms with E-state index in [1.54, 1.807) is 6.07 Å². The van der Waals surface area contributed by atoms with E-state index >= 15 is 0 Å². The van der Waals surface area contributed by atoms with Gasteiger partial charge in [-0.1, -0.05) is 47.6 Å². The average molecular weight is 231 g/mol. The van der Waals surface area contributed by atoms with Crippen LogP contribution < -0.4 is 0 Å². The van der Waals surface area contributed by atoms with E-state index in [1.807, 2.05) is 26.8 Å². The lowest BCUT2D eigenvalue weighted by Crippen LogP contribution is -2.17. The predicted octanol–water partition coefficient (Wildman–Crippen LogP) is 3.86. The molecular weight excluding hydrogens is 210 g/mol. The van der Waals surface area contributed by atoms with Crippen molar-refractivity contribution in [2.24, 2.45) is 0 Å². The monoisotopic (exact) mass is 231 g/mol. The third kappa shape index (κ3) is 2.79. The number of phenolic OH excluding ortho intramolecular Hbond substituents is 1. The second-order valence-electron chi connectivity index (χ2n) is 6.53. The molecule has 0 aliphatic rings. The number of nitriles is 1. The topological polar surface area (TPSA) is 44.0 Å². The van der Waals surface area contributed by atoms with Crippen LogP contribution in [0.5, 0.6) is 5.75 Å². The first-order valence-corrected chi connectivity index (χ1v) is 5.85. The molecule has 0 unspecified atom stereocenters. The summed E-state index contributed by atoms with van der Waals surface area (Å²) in [6, 6.07) is 5.86. The molecule has 0 bridgehead atoms. The Kier molecular flexibility index (Phi) is 3.25. The summed E-state index contributed by atoms with van der Waals surface area (Å²) in [5.41, 5.74) is 2.08. The normalized spacial score (nSPS) is 12.3. The molecule has 0 spiro atoms. The van der Waals surface area contributed by atoms with Gasteiger partial charge >= 0.3 is 0 Å². The summed E-state index contributed by atoms with van der Waals surface area (Å²) in [6.45, 7) is 12.4. The molecule has 1 aromatic carbocycles. The SMILES string of the molecule is CC(C)(C)c1cc(C#N)c(O)c(C(C)(C)C)c1. The average Bonchev–Trinajstić information content (AvgIpc) is 2.14. The van der Waals surface area contributed by atoms with Crippen LogP contribution in [0.3, 0.4) is 0 Å². The molecule has 0 radical (unpaired) electrons. The molecule has 92 valence electrons. The van der Waals surface area contributed by atoms with E-state index < -0.39 is 0 Å². The van der Waals surface area contributed by atoms with E-state index in [1.165, 1.54) is 0 Å². The molecule has 2 heteroatoms. The molecule has 0 heterocycles. The number of hydrogen-bond donors (Lipinski definition) is 1. The van der Waals surface area contributed by atoms with E-state index in [-0.39, 0.29) is 16.6 Å². The Bertz CT molecular complexity index is 467. The lowest BCUT2D eigenvalue weighted by atomic mass is 9.79. The van der Waals surface area contributed by atoms with Gasteiger partial charge in [-0.3, -0.25) is 0 Å². The fourth-order valence-corrected chi connectivity index (χ4v) is 1.72. The second-order valence-corrected chi connectivity index (χ2v) is 6.53. The van der Waals surface area contributed by atoms with E-state index in [2.05, 4.69) is 26.8 Å². The minimum absolute atomic E-state index is 0.0285. The molecule has 0 aliphatic carbocycles. The molecule has 1 rings (SSSR count). The van der Waals surface area contributed by atoms with Crippen molar-refractivity contribution in [3.63, 3.8) is 0 Å². The Labute approximate surface area is 104 Å². The third-order valence-corrected chi connectivity index (χ3v) is 2.90. The maximum atomic E-state index is 10.1. The fourth-order valence-electron chi connectivity index (χ4n) is 1.72. The van der Waals surface area contributed by atoms with E-state index in [0.29, 0.717) is 5.56 Å². The molecule has 2 nitrogen and oxygen atoms in total. The van der Waals surface area contributed by atoms with Gasteiger partial charge in [-0.15, -0.1) is 0 Å². The van der Waals surface area contributed by atoms with Gasteiger partial charge in [0, 0.05) is 5.56 Å². The van der Waals surface area contributed by atoms with Crippen molar-refractivity contribution in [2.75, 3.05) is 0 Å². The highest BCUT2D eigenvalue weighted by atomic mass is 16.3. The van der Waals surface area contributed by atoms with Crippen molar-refractivity contribution in [1.82, 2.24) is 0 Å². The van der Waals surface area contributed by atoms with E-state index in [9.17, 15) is 5.11 Å². The molecule has 0 fully saturated rings. The number of nitrogens with zero attached hydrogens (tertiary/aromatic N) is 1. The van der Waals surface area contributed by atoms with E-state index in [0.717, 1.165) is 11.1 Å². The number of phenols is 1. The highest BCUT2D eigenvalue weighted by Gasteiger charge is 2.24.